The fourth-order valence-electron chi connectivity index (χ4n) is 8.58. The number of aryl methyl sites for hydroxylation is 4. The standard InChI is InChI=1S/C51H76Si/c1-14-18-20-22-24-40-27-41(25-23-21-19-15-2)31-46(30-40)52-49(43-28-38(16-3)26-39(17-4)29-43)48-37(7)35(5)36(6)47(48)42-32-44(50(8,9)10)34-45(33-42)51(11,12)13/h26-34,48-49H,14-25,52H2,1-13H3. The van der Waals surface area contributed by atoms with Crippen LogP contribution in [0.1, 0.15) is 191 Å². The van der Waals surface area contributed by atoms with Crippen LogP contribution in [0.25, 0.3) is 5.57 Å². The van der Waals surface area contributed by atoms with Crippen LogP contribution in [0.4, 0.5) is 0 Å². The Bertz CT molecular complexity index is 1610. The molecule has 2 atom stereocenters. The molecule has 3 aromatic carbocycles. The van der Waals surface area contributed by atoms with Crippen LogP contribution in [-0.4, -0.2) is 9.52 Å². The zero-order chi connectivity index (χ0) is 38.2. The van der Waals surface area contributed by atoms with E-state index >= 15 is 0 Å². The van der Waals surface area contributed by atoms with Crippen molar-refractivity contribution >= 4 is 20.3 Å². The summed E-state index contributed by atoms with van der Waals surface area (Å²) in [5.41, 5.74) is 19.0. The quantitative estimate of drug-likeness (QED) is 0.0964. The largest absolute Gasteiger partial charge is 0.0657 e. The number of allylic oxidation sites excluding steroid dienone is 4. The average Bonchev–Trinajstić information content (AvgIpc) is 3.33. The molecular formula is C51H76Si. The van der Waals surface area contributed by atoms with Crippen molar-refractivity contribution in [3.8, 4) is 0 Å². The normalized spacial score (nSPS) is 16.2. The predicted octanol–water partition coefficient (Wildman–Crippen LogP) is 13.6. The topological polar surface area (TPSA) is 0 Å². The predicted molar refractivity (Wildman–Crippen MR) is 237 cm³/mol. The van der Waals surface area contributed by atoms with E-state index in [1.807, 2.05) is 0 Å². The second-order valence-electron chi connectivity index (χ2n) is 18.5. The number of benzene rings is 3. The summed E-state index contributed by atoms with van der Waals surface area (Å²) in [7, 11) is -0.737. The molecule has 0 aromatic heterocycles. The molecule has 0 bridgehead atoms. The van der Waals surface area contributed by atoms with E-state index in [1.165, 1.54) is 103 Å². The first-order valence-corrected chi connectivity index (χ1v) is 22.9. The Morgan fingerprint density at radius 2 is 1.02 bits per heavy atom. The first kappa shape index (κ1) is 42.1. The summed E-state index contributed by atoms with van der Waals surface area (Å²) in [5.74, 6) is 0.396. The van der Waals surface area contributed by atoms with Gasteiger partial charge in [0.25, 0.3) is 0 Å². The Morgan fingerprint density at radius 3 is 1.46 bits per heavy atom. The van der Waals surface area contributed by atoms with Crippen molar-refractivity contribution in [2.75, 3.05) is 0 Å². The van der Waals surface area contributed by atoms with E-state index in [9.17, 15) is 0 Å². The van der Waals surface area contributed by atoms with Crippen molar-refractivity contribution in [3.05, 3.63) is 116 Å². The van der Waals surface area contributed by atoms with Gasteiger partial charge in [-0.2, -0.15) is 0 Å². The van der Waals surface area contributed by atoms with E-state index in [1.54, 1.807) is 33.0 Å². The highest BCUT2D eigenvalue weighted by Gasteiger charge is 2.37. The van der Waals surface area contributed by atoms with Crippen molar-refractivity contribution in [1.82, 2.24) is 0 Å². The smallest absolute Gasteiger partial charge is 0.0636 e. The van der Waals surface area contributed by atoms with Gasteiger partial charge in [-0.15, -0.1) is 0 Å². The van der Waals surface area contributed by atoms with E-state index in [2.05, 4.69) is 145 Å². The Balaban J connectivity index is 1.93. The molecule has 0 heterocycles. The monoisotopic (exact) mass is 717 g/mol. The molecule has 1 aliphatic carbocycles. The number of hydrogen-bond donors (Lipinski definition) is 0. The second-order valence-corrected chi connectivity index (χ2v) is 20.6. The third-order valence-corrected chi connectivity index (χ3v) is 14.5. The first-order valence-electron chi connectivity index (χ1n) is 21.4. The Morgan fingerprint density at radius 1 is 0.538 bits per heavy atom. The minimum atomic E-state index is -0.737. The van der Waals surface area contributed by atoms with Gasteiger partial charge in [0, 0.05) is 5.92 Å². The fraction of sp³-hybridized carbons (Fsp3) is 0.569. The van der Waals surface area contributed by atoms with Crippen molar-refractivity contribution in [1.29, 1.82) is 0 Å². The van der Waals surface area contributed by atoms with E-state index in [4.69, 9.17) is 0 Å². The van der Waals surface area contributed by atoms with Crippen molar-refractivity contribution in [2.45, 2.75) is 183 Å². The van der Waals surface area contributed by atoms with Gasteiger partial charge >= 0.3 is 0 Å². The lowest BCUT2D eigenvalue weighted by Crippen LogP contribution is -2.30. The Kier molecular flexibility index (Phi) is 15.1. The molecule has 0 fully saturated rings. The maximum atomic E-state index is 2.67. The SMILES string of the molecule is CCCCCCc1cc(CCCCCC)cc([SiH2]C(c2cc(CC)cc(CC)c2)C2C(C)=C(C)C(C)=C2c2cc(C(C)(C)C)cc(C(C)(C)C)c2)c1. The highest BCUT2D eigenvalue weighted by Crippen LogP contribution is 2.50. The van der Waals surface area contributed by atoms with Gasteiger partial charge in [-0.3, -0.25) is 0 Å². The van der Waals surface area contributed by atoms with Crippen LogP contribution in [0.2, 0.25) is 0 Å². The number of hydrogen-bond acceptors (Lipinski definition) is 0. The minimum absolute atomic E-state index is 0.0842. The van der Waals surface area contributed by atoms with E-state index in [0.29, 0.717) is 11.5 Å². The number of unbranched alkanes of at least 4 members (excludes halogenated alkanes) is 6. The summed E-state index contributed by atoms with van der Waals surface area (Å²) in [6.07, 6.45) is 15.2. The molecular weight excluding hydrogens is 641 g/mol. The van der Waals surface area contributed by atoms with E-state index in [-0.39, 0.29) is 10.8 Å². The summed E-state index contributed by atoms with van der Waals surface area (Å²) in [4.78, 5) is 0. The van der Waals surface area contributed by atoms with Crippen LogP contribution < -0.4 is 5.19 Å². The first-order chi connectivity index (χ1) is 24.6. The Hall–Kier alpha value is -2.64. The van der Waals surface area contributed by atoms with E-state index < -0.39 is 9.52 Å². The van der Waals surface area contributed by atoms with Gasteiger partial charge in [-0.05, 0) is 137 Å². The van der Waals surface area contributed by atoms with Crippen molar-refractivity contribution in [2.24, 2.45) is 5.92 Å². The highest BCUT2D eigenvalue weighted by molar-refractivity contribution is 6.55. The van der Waals surface area contributed by atoms with Gasteiger partial charge in [0.15, 0.2) is 0 Å². The van der Waals surface area contributed by atoms with Crippen LogP contribution in [0.5, 0.6) is 0 Å². The molecule has 0 spiro atoms. The molecule has 52 heavy (non-hydrogen) atoms. The average molecular weight is 717 g/mol. The lowest BCUT2D eigenvalue weighted by atomic mass is 9.76. The van der Waals surface area contributed by atoms with Crippen LogP contribution in [0.3, 0.4) is 0 Å². The minimum Gasteiger partial charge on any atom is -0.0657 e. The molecule has 284 valence electrons. The summed E-state index contributed by atoms with van der Waals surface area (Å²) >= 11 is 0. The fourth-order valence-corrected chi connectivity index (χ4v) is 11.1. The number of rotatable bonds is 17. The summed E-state index contributed by atoms with van der Waals surface area (Å²) < 4.78 is 0. The summed E-state index contributed by atoms with van der Waals surface area (Å²) in [6.45, 7) is 30.9. The van der Waals surface area contributed by atoms with Crippen molar-refractivity contribution in [3.63, 3.8) is 0 Å². The molecule has 0 saturated carbocycles. The third kappa shape index (κ3) is 10.7. The maximum absolute atomic E-state index is 2.67. The second kappa shape index (κ2) is 18.6. The molecule has 0 saturated heterocycles. The van der Waals surface area contributed by atoms with Crippen LogP contribution in [-0.2, 0) is 36.5 Å². The van der Waals surface area contributed by atoms with Crippen LogP contribution in [0.15, 0.2) is 71.3 Å². The van der Waals surface area contributed by atoms with Gasteiger partial charge in [-0.1, -0.05) is 173 Å². The lowest BCUT2D eigenvalue weighted by Gasteiger charge is -2.32. The van der Waals surface area contributed by atoms with Gasteiger partial charge in [0.1, 0.15) is 0 Å². The van der Waals surface area contributed by atoms with Gasteiger partial charge in [-0.25, -0.2) is 0 Å². The van der Waals surface area contributed by atoms with Gasteiger partial charge < -0.3 is 0 Å². The molecule has 0 amide bonds. The molecule has 0 radical (unpaired) electrons. The van der Waals surface area contributed by atoms with Gasteiger partial charge in [0.2, 0.25) is 0 Å². The molecule has 3 aromatic rings. The molecule has 0 aliphatic heterocycles. The van der Waals surface area contributed by atoms with Crippen LogP contribution >= 0.6 is 0 Å². The van der Waals surface area contributed by atoms with Crippen LogP contribution in [0, 0.1) is 5.92 Å². The zero-order valence-corrected chi connectivity index (χ0v) is 37.5. The lowest BCUT2D eigenvalue weighted by molar-refractivity contribution is 0.568. The Labute approximate surface area is 324 Å². The zero-order valence-electron chi connectivity index (χ0n) is 36.0. The summed E-state index contributed by atoms with van der Waals surface area (Å²) in [6, 6.07) is 23.2. The highest BCUT2D eigenvalue weighted by atomic mass is 28.2. The van der Waals surface area contributed by atoms with Crippen molar-refractivity contribution < 1.29 is 0 Å². The third-order valence-electron chi connectivity index (χ3n) is 12.2. The molecule has 2 unspecified atom stereocenters. The molecule has 0 nitrogen and oxygen atoms in total. The van der Waals surface area contributed by atoms with Gasteiger partial charge in [0.05, 0.1) is 9.52 Å². The molecule has 0 N–H and O–H groups in total. The molecule has 4 rings (SSSR count). The molecule has 1 heteroatoms. The molecule has 1 aliphatic rings. The van der Waals surface area contributed by atoms with E-state index in [0.717, 1.165) is 12.8 Å². The maximum Gasteiger partial charge on any atom is 0.0636 e. The summed E-state index contributed by atoms with van der Waals surface area (Å²) in [5, 5.41) is 1.68.